The van der Waals surface area contributed by atoms with E-state index < -0.39 is 17.0 Å². The van der Waals surface area contributed by atoms with Gasteiger partial charge in [-0.05, 0) is 85.7 Å². The van der Waals surface area contributed by atoms with Crippen LogP contribution >= 0.6 is 0 Å². The average molecular weight is 501 g/mol. The number of pyridine rings is 1. The molecule has 2 saturated carbocycles. The minimum Gasteiger partial charge on any atom is -0.489 e. The minimum absolute atomic E-state index is 0.0817. The number of halogens is 1. The summed E-state index contributed by atoms with van der Waals surface area (Å²) in [5, 5.41) is 19.8. The van der Waals surface area contributed by atoms with Crippen LogP contribution < -0.4 is 9.64 Å². The molecule has 1 aromatic heterocycles. The van der Waals surface area contributed by atoms with Gasteiger partial charge in [0.05, 0.1) is 11.0 Å². The van der Waals surface area contributed by atoms with Gasteiger partial charge in [-0.3, -0.25) is 4.79 Å². The monoisotopic (exact) mass is 500 g/mol. The molecule has 2 bridgehead atoms. The van der Waals surface area contributed by atoms with Crippen LogP contribution in [0, 0.1) is 24.1 Å². The highest BCUT2D eigenvalue weighted by molar-refractivity contribution is 5.94. The van der Waals surface area contributed by atoms with E-state index in [1.807, 2.05) is 50.2 Å². The molecule has 37 heavy (non-hydrogen) atoms. The molecule has 2 aromatic carbocycles. The Kier molecular flexibility index (Phi) is 4.63. The van der Waals surface area contributed by atoms with Crippen molar-refractivity contribution in [1.29, 1.82) is 0 Å². The Morgan fingerprint density at radius 2 is 1.86 bits per heavy atom. The van der Waals surface area contributed by atoms with E-state index in [0.29, 0.717) is 24.2 Å². The zero-order valence-electron chi connectivity index (χ0n) is 20.9. The summed E-state index contributed by atoms with van der Waals surface area (Å²) in [4.78, 5) is 18.7. The number of nitrogens with zero attached hydrogens (tertiary/aromatic N) is 2. The van der Waals surface area contributed by atoms with Gasteiger partial charge in [0, 0.05) is 41.7 Å². The average Bonchev–Trinajstić information content (AvgIpc) is 3.66. The van der Waals surface area contributed by atoms with Gasteiger partial charge in [0.2, 0.25) is 0 Å². The second-order valence-corrected chi connectivity index (χ2v) is 11.4. The first-order valence-corrected chi connectivity index (χ1v) is 12.9. The third kappa shape index (κ3) is 3.26. The van der Waals surface area contributed by atoms with E-state index in [9.17, 15) is 19.4 Å². The predicted octanol–water partition coefficient (Wildman–Crippen LogP) is 5.02. The zero-order valence-corrected chi connectivity index (χ0v) is 20.9. The summed E-state index contributed by atoms with van der Waals surface area (Å²) in [6.45, 7) is 5.44. The summed E-state index contributed by atoms with van der Waals surface area (Å²) in [6.07, 6.45) is 1.42. The van der Waals surface area contributed by atoms with E-state index in [0.717, 1.165) is 46.9 Å². The molecule has 4 unspecified atom stereocenters. The number of carboxylic acid groups (broad SMARTS) is 1. The highest BCUT2D eigenvalue weighted by Gasteiger charge is 2.95. The Balaban J connectivity index is 1.07. The van der Waals surface area contributed by atoms with Crippen LogP contribution in [0.1, 0.15) is 54.0 Å². The normalized spacial score (nSPS) is 27.9. The molecular weight excluding hydrogens is 471 g/mol. The Morgan fingerprint density at radius 1 is 1.11 bits per heavy atom. The minimum atomic E-state index is -0.688. The van der Waals surface area contributed by atoms with E-state index in [-0.39, 0.29) is 30.2 Å². The first kappa shape index (κ1) is 22.7. The lowest BCUT2D eigenvalue weighted by Gasteiger charge is -2.36. The van der Waals surface area contributed by atoms with Gasteiger partial charge in [0.25, 0.3) is 0 Å². The molecule has 8 rings (SSSR count). The number of anilines is 1. The highest BCUT2D eigenvalue weighted by atomic mass is 19.1. The first-order chi connectivity index (χ1) is 17.7. The Hall–Kier alpha value is -3.45. The number of aryl methyl sites for hydroxylation is 1. The smallest absolute Gasteiger partial charge is 0.311 e. The molecule has 3 fully saturated rings. The molecule has 2 N–H and O–H groups in total. The molecule has 1 aliphatic heterocycles. The molecule has 0 amide bonds. The van der Waals surface area contributed by atoms with Gasteiger partial charge in [0.15, 0.2) is 0 Å². The van der Waals surface area contributed by atoms with Gasteiger partial charge in [-0.1, -0.05) is 12.1 Å². The number of benzene rings is 2. The van der Waals surface area contributed by atoms with E-state index in [2.05, 4.69) is 4.90 Å². The van der Waals surface area contributed by atoms with Gasteiger partial charge in [-0.2, -0.15) is 0 Å². The van der Waals surface area contributed by atoms with Crippen LogP contribution in [0.4, 0.5) is 10.2 Å². The number of carbonyl (C=O) groups is 1. The van der Waals surface area contributed by atoms with Crippen molar-refractivity contribution in [1.82, 2.24) is 4.98 Å². The van der Waals surface area contributed by atoms with Crippen LogP contribution in [-0.2, 0) is 11.4 Å². The molecule has 4 atom stereocenters. The van der Waals surface area contributed by atoms with Crippen molar-refractivity contribution in [2.75, 3.05) is 18.0 Å². The maximum absolute atomic E-state index is 14.7. The van der Waals surface area contributed by atoms with Gasteiger partial charge >= 0.3 is 5.97 Å². The molecule has 2 heterocycles. The number of hydrogen-bond donors (Lipinski definition) is 2. The number of rotatable bonds is 6. The first-order valence-electron chi connectivity index (χ1n) is 12.9. The molecule has 7 heteroatoms. The van der Waals surface area contributed by atoms with Crippen molar-refractivity contribution in [2.45, 2.75) is 50.7 Å². The second-order valence-electron chi connectivity index (χ2n) is 11.4. The van der Waals surface area contributed by atoms with Crippen LogP contribution in [0.3, 0.4) is 0 Å². The van der Waals surface area contributed by atoms with Crippen molar-refractivity contribution in [3.05, 3.63) is 76.7 Å². The lowest BCUT2D eigenvalue weighted by Crippen LogP contribution is -2.42. The van der Waals surface area contributed by atoms with E-state index in [4.69, 9.17) is 9.72 Å². The van der Waals surface area contributed by atoms with Crippen LogP contribution in [0.5, 0.6) is 5.75 Å². The van der Waals surface area contributed by atoms with Crippen LogP contribution in [0.25, 0.3) is 11.1 Å². The summed E-state index contributed by atoms with van der Waals surface area (Å²) >= 11 is 0. The van der Waals surface area contributed by atoms with E-state index in [1.54, 1.807) is 6.07 Å². The largest absolute Gasteiger partial charge is 0.489 e. The third-order valence-electron chi connectivity index (χ3n) is 9.17. The fourth-order valence-corrected chi connectivity index (χ4v) is 6.90. The van der Waals surface area contributed by atoms with Crippen molar-refractivity contribution >= 4 is 11.8 Å². The Bertz CT molecular complexity index is 1460. The number of hydrogen-bond acceptors (Lipinski definition) is 5. The van der Waals surface area contributed by atoms with E-state index >= 15 is 0 Å². The lowest BCUT2D eigenvalue weighted by atomic mass is 9.94. The van der Waals surface area contributed by atoms with E-state index in [1.165, 1.54) is 6.07 Å². The Morgan fingerprint density at radius 3 is 2.57 bits per heavy atom. The van der Waals surface area contributed by atoms with Crippen LogP contribution in [-0.4, -0.2) is 39.9 Å². The van der Waals surface area contributed by atoms with Crippen molar-refractivity contribution < 1.29 is 24.1 Å². The van der Waals surface area contributed by atoms with Crippen molar-refractivity contribution in [3.8, 4) is 16.9 Å². The summed E-state index contributed by atoms with van der Waals surface area (Å²) in [5.41, 5.74) is 4.20. The SMILES string of the molecule is Cc1nc(N2CCC(C)(O)CC2)ccc1-c1ccc(F)c(COc2ccc3c(c2)C2C4C3C24C(=O)O)c1. The maximum atomic E-state index is 14.7. The fourth-order valence-electron chi connectivity index (χ4n) is 6.90. The summed E-state index contributed by atoms with van der Waals surface area (Å²) in [6, 6.07) is 14.8. The lowest BCUT2D eigenvalue weighted by molar-refractivity contribution is -0.141. The second kappa shape index (κ2) is 7.54. The molecule has 4 aliphatic carbocycles. The molecule has 3 aromatic rings. The van der Waals surface area contributed by atoms with Crippen molar-refractivity contribution in [3.63, 3.8) is 0 Å². The molecule has 6 nitrogen and oxygen atoms in total. The molecule has 190 valence electrons. The van der Waals surface area contributed by atoms with Crippen LogP contribution in [0.2, 0.25) is 0 Å². The third-order valence-corrected chi connectivity index (χ3v) is 9.17. The molecule has 0 spiro atoms. The van der Waals surface area contributed by atoms with Gasteiger partial charge in [0.1, 0.15) is 24.0 Å². The summed E-state index contributed by atoms with van der Waals surface area (Å²) < 4.78 is 20.7. The highest BCUT2D eigenvalue weighted by Crippen LogP contribution is 2.96. The predicted molar refractivity (Wildman–Crippen MR) is 136 cm³/mol. The molecular formula is C30H29FN2O4. The number of piperidine rings is 1. The van der Waals surface area contributed by atoms with Gasteiger partial charge in [-0.15, -0.1) is 0 Å². The zero-order chi connectivity index (χ0) is 25.7. The molecule has 5 aliphatic rings. The summed E-state index contributed by atoms with van der Waals surface area (Å²) in [7, 11) is 0. The number of carboxylic acids is 1. The van der Waals surface area contributed by atoms with Gasteiger partial charge in [-0.25, -0.2) is 9.37 Å². The fraction of sp³-hybridized carbons (Fsp3) is 0.400. The quantitative estimate of drug-likeness (QED) is 0.495. The number of aliphatic carboxylic acids is 1. The number of aromatic nitrogens is 1. The molecule has 1 saturated heterocycles. The maximum Gasteiger partial charge on any atom is 0.311 e. The molecule has 0 radical (unpaired) electrons. The van der Waals surface area contributed by atoms with Crippen LogP contribution in [0.15, 0.2) is 48.5 Å². The topological polar surface area (TPSA) is 82.9 Å². The number of ether oxygens (including phenoxy) is 1. The Labute approximate surface area is 214 Å². The number of aliphatic hydroxyl groups is 1. The standard InChI is InChI=1S/C30H29FN2O4/c1-16-20(6-8-24(32-16)33-11-9-29(2,36)10-12-33)17-3-7-23(31)18(13-17)15-37-19-4-5-21-22(14-19)26-27-25(21)30(26,27)28(34)35/h3-8,13-14,25-27,36H,9-12,15H2,1-2H3,(H,34,35). The van der Waals surface area contributed by atoms with Gasteiger partial charge < -0.3 is 19.8 Å². The summed E-state index contributed by atoms with van der Waals surface area (Å²) in [5.74, 6) is 1.06. The van der Waals surface area contributed by atoms with Crippen molar-refractivity contribution in [2.24, 2.45) is 11.3 Å².